The van der Waals surface area contributed by atoms with Gasteiger partial charge in [-0.15, -0.1) is 12.4 Å². The summed E-state index contributed by atoms with van der Waals surface area (Å²) in [5.74, 6) is -1.30. The fourth-order valence-electron chi connectivity index (χ4n) is 1.88. The highest BCUT2D eigenvalue weighted by Crippen LogP contribution is 2.27. The van der Waals surface area contributed by atoms with E-state index in [0.29, 0.717) is 13.0 Å². The van der Waals surface area contributed by atoms with E-state index in [1.165, 1.54) is 0 Å². The number of alkyl halides is 3. The number of amides is 1. The monoisotopic (exact) mass is 372 g/mol. The molecule has 4 nitrogen and oxygen atoms in total. The molecule has 0 aliphatic heterocycles. The molecule has 0 atom stereocenters. The van der Waals surface area contributed by atoms with Crippen molar-refractivity contribution in [3.05, 3.63) is 24.0 Å². The van der Waals surface area contributed by atoms with E-state index in [4.69, 9.17) is 5.73 Å². The Balaban J connectivity index is 0.00000529. The van der Waals surface area contributed by atoms with Crippen LogP contribution in [0, 0.1) is 5.82 Å². The van der Waals surface area contributed by atoms with Crippen LogP contribution in [0.15, 0.2) is 18.2 Å². The van der Waals surface area contributed by atoms with Crippen LogP contribution < -0.4 is 15.8 Å². The Kier molecular flexibility index (Phi) is 10.4. The Morgan fingerprint density at radius 3 is 2.46 bits per heavy atom. The fourth-order valence-corrected chi connectivity index (χ4v) is 1.88. The van der Waals surface area contributed by atoms with Crippen molar-refractivity contribution >= 4 is 24.0 Å². The van der Waals surface area contributed by atoms with Crippen LogP contribution in [0.25, 0.3) is 0 Å². The minimum absolute atomic E-state index is 0. The molecule has 0 aliphatic rings. The number of unbranched alkanes of at least 4 members (excludes halogenated alkanes) is 3. The molecule has 0 saturated heterocycles. The smallest absolute Gasteiger partial charge is 0.422 e. The summed E-state index contributed by atoms with van der Waals surface area (Å²) < 4.78 is 54.4. The van der Waals surface area contributed by atoms with Gasteiger partial charge in [-0.25, -0.2) is 4.39 Å². The van der Waals surface area contributed by atoms with Crippen LogP contribution >= 0.6 is 12.4 Å². The molecule has 1 aromatic carbocycles. The molecule has 3 N–H and O–H groups in total. The lowest BCUT2D eigenvalue weighted by molar-refractivity contribution is -0.153. The van der Waals surface area contributed by atoms with E-state index in [-0.39, 0.29) is 30.3 Å². The Bertz CT molecular complexity index is 513. The van der Waals surface area contributed by atoms with Crippen molar-refractivity contribution in [1.29, 1.82) is 0 Å². The second-order valence-corrected chi connectivity index (χ2v) is 5.05. The standard InChI is InChI=1S/C15H20F4N2O2.ClH/c16-11-6-7-13(23-10-15(17,18)19)12(9-11)21-14(22)5-3-1-2-4-8-20;/h6-7,9H,1-5,8,10,20H2,(H,21,22);1H. The van der Waals surface area contributed by atoms with Crippen LogP contribution in [0.3, 0.4) is 0 Å². The van der Waals surface area contributed by atoms with Crippen molar-refractivity contribution < 1.29 is 27.1 Å². The largest absolute Gasteiger partial charge is 0.482 e. The van der Waals surface area contributed by atoms with Crippen molar-refractivity contribution in [2.45, 2.75) is 38.3 Å². The summed E-state index contributed by atoms with van der Waals surface area (Å²) in [5.41, 5.74) is 5.24. The number of carbonyl (C=O) groups is 1. The van der Waals surface area contributed by atoms with Crippen molar-refractivity contribution in [3.8, 4) is 5.75 Å². The highest BCUT2D eigenvalue weighted by Gasteiger charge is 2.29. The van der Waals surface area contributed by atoms with Gasteiger partial charge in [0.2, 0.25) is 5.91 Å². The third kappa shape index (κ3) is 9.57. The Hall–Kier alpha value is -1.54. The van der Waals surface area contributed by atoms with E-state index in [1.54, 1.807) is 0 Å². The minimum atomic E-state index is -4.52. The highest BCUT2D eigenvalue weighted by atomic mass is 35.5. The van der Waals surface area contributed by atoms with Gasteiger partial charge in [0.25, 0.3) is 0 Å². The van der Waals surface area contributed by atoms with Crippen molar-refractivity contribution in [2.75, 3.05) is 18.5 Å². The van der Waals surface area contributed by atoms with Gasteiger partial charge in [-0.05, 0) is 31.5 Å². The quantitative estimate of drug-likeness (QED) is 0.508. The molecule has 24 heavy (non-hydrogen) atoms. The van der Waals surface area contributed by atoms with Gasteiger partial charge < -0.3 is 15.8 Å². The predicted molar refractivity (Wildman–Crippen MR) is 86.0 cm³/mol. The van der Waals surface area contributed by atoms with Gasteiger partial charge in [-0.3, -0.25) is 4.79 Å². The fraction of sp³-hybridized carbons (Fsp3) is 0.533. The first-order chi connectivity index (χ1) is 10.8. The van der Waals surface area contributed by atoms with Crippen LogP contribution in [-0.2, 0) is 4.79 Å². The number of ether oxygens (including phenoxy) is 1. The zero-order chi connectivity index (χ0) is 17.3. The molecule has 138 valence electrons. The van der Waals surface area contributed by atoms with E-state index in [2.05, 4.69) is 10.1 Å². The molecule has 0 bridgehead atoms. The van der Waals surface area contributed by atoms with Crippen LogP contribution in [0.5, 0.6) is 5.75 Å². The highest BCUT2D eigenvalue weighted by molar-refractivity contribution is 5.92. The predicted octanol–water partition coefficient (Wildman–Crippen LogP) is 4.04. The number of benzene rings is 1. The normalized spacial score (nSPS) is 10.9. The second kappa shape index (κ2) is 11.1. The maximum atomic E-state index is 13.2. The van der Waals surface area contributed by atoms with E-state index in [9.17, 15) is 22.4 Å². The first-order valence-electron chi connectivity index (χ1n) is 7.31. The summed E-state index contributed by atoms with van der Waals surface area (Å²) in [5, 5.41) is 2.38. The molecule has 0 heterocycles. The van der Waals surface area contributed by atoms with Gasteiger partial charge >= 0.3 is 6.18 Å². The Morgan fingerprint density at radius 1 is 1.17 bits per heavy atom. The minimum Gasteiger partial charge on any atom is -0.482 e. The first-order valence-corrected chi connectivity index (χ1v) is 7.31. The van der Waals surface area contributed by atoms with E-state index in [1.807, 2.05) is 0 Å². The third-order valence-electron chi connectivity index (χ3n) is 2.96. The van der Waals surface area contributed by atoms with Gasteiger partial charge in [0.15, 0.2) is 6.61 Å². The number of carbonyl (C=O) groups excluding carboxylic acids is 1. The number of hydrogen-bond acceptors (Lipinski definition) is 3. The summed E-state index contributed by atoms with van der Waals surface area (Å²) >= 11 is 0. The van der Waals surface area contributed by atoms with Crippen LogP contribution in [0.2, 0.25) is 0 Å². The lowest BCUT2D eigenvalue weighted by atomic mass is 10.1. The molecule has 1 aromatic rings. The average Bonchev–Trinajstić information content (AvgIpc) is 2.45. The van der Waals surface area contributed by atoms with Gasteiger partial charge in [-0.2, -0.15) is 13.2 Å². The number of nitrogens with one attached hydrogen (secondary N) is 1. The number of halogens is 5. The van der Waals surface area contributed by atoms with Crippen molar-refractivity contribution in [1.82, 2.24) is 0 Å². The number of hydrogen-bond donors (Lipinski definition) is 2. The van der Waals surface area contributed by atoms with Crippen molar-refractivity contribution in [3.63, 3.8) is 0 Å². The number of anilines is 1. The summed E-state index contributed by atoms with van der Waals surface area (Å²) in [4.78, 5) is 11.8. The second-order valence-electron chi connectivity index (χ2n) is 5.05. The summed E-state index contributed by atoms with van der Waals surface area (Å²) in [6.07, 6.45) is -1.09. The Labute approximate surface area is 144 Å². The molecule has 0 aromatic heterocycles. The zero-order valence-electron chi connectivity index (χ0n) is 13.0. The number of nitrogens with two attached hydrogens (primary N) is 1. The van der Waals surface area contributed by atoms with Gasteiger partial charge in [0.05, 0.1) is 5.69 Å². The van der Waals surface area contributed by atoms with E-state index < -0.39 is 24.5 Å². The van der Waals surface area contributed by atoms with Gasteiger partial charge in [0.1, 0.15) is 11.6 Å². The summed E-state index contributed by atoms with van der Waals surface area (Å²) in [7, 11) is 0. The Morgan fingerprint density at radius 2 is 1.83 bits per heavy atom. The maximum Gasteiger partial charge on any atom is 0.422 e. The van der Waals surface area contributed by atoms with E-state index >= 15 is 0 Å². The molecule has 0 aliphatic carbocycles. The molecule has 0 saturated carbocycles. The van der Waals surface area contributed by atoms with Gasteiger partial charge in [0, 0.05) is 12.5 Å². The van der Waals surface area contributed by atoms with Crippen LogP contribution in [0.4, 0.5) is 23.2 Å². The molecule has 0 unspecified atom stereocenters. The maximum absolute atomic E-state index is 13.2. The number of rotatable bonds is 9. The molecular weight excluding hydrogens is 352 g/mol. The van der Waals surface area contributed by atoms with Crippen LogP contribution in [0.1, 0.15) is 32.1 Å². The lowest BCUT2D eigenvalue weighted by Gasteiger charge is -2.14. The lowest BCUT2D eigenvalue weighted by Crippen LogP contribution is -2.20. The average molecular weight is 373 g/mol. The zero-order valence-corrected chi connectivity index (χ0v) is 13.8. The molecule has 1 amide bonds. The topological polar surface area (TPSA) is 64.4 Å². The SMILES string of the molecule is Cl.NCCCCCCC(=O)Nc1cc(F)ccc1OCC(F)(F)F. The van der Waals surface area contributed by atoms with Gasteiger partial charge in [-0.1, -0.05) is 12.8 Å². The molecule has 0 spiro atoms. The van der Waals surface area contributed by atoms with Crippen LogP contribution in [-0.4, -0.2) is 25.2 Å². The molecule has 9 heteroatoms. The molecule has 0 radical (unpaired) electrons. The first kappa shape index (κ1) is 22.5. The van der Waals surface area contributed by atoms with E-state index in [0.717, 1.165) is 37.5 Å². The molecular formula is C15H21ClF4N2O2. The summed E-state index contributed by atoms with van der Waals surface area (Å²) in [6.45, 7) is -0.921. The summed E-state index contributed by atoms with van der Waals surface area (Å²) in [6, 6.07) is 2.95. The molecule has 1 rings (SSSR count). The van der Waals surface area contributed by atoms with Crippen molar-refractivity contribution in [2.24, 2.45) is 5.73 Å². The third-order valence-corrected chi connectivity index (χ3v) is 2.96. The molecule has 0 fully saturated rings.